The van der Waals surface area contributed by atoms with Gasteiger partial charge in [0.05, 0.1) is 11.3 Å². The number of aromatic nitrogens is 2. The molecular formula is C14H18N4O4S. The van der Waals surface area contributed by atoms with Gasteiger partial charge in [0.2, 0.25) is 10.0 Å². The van der Waals surface area contributed by atoms with Gasteiger partial charge in [-0.05, 0) is 13.0 Å². The van der Waals surface area contributed by atoms with Gasteiger partial charge in [0.15, 0.2) is 0 Å². The van der Waals surface area contributed by atoms with E-state index in [-0.39, 0.29) is 24.7 Å². The van der Waals surface area contributed by atoms with Crippen molar-refractivity contribution in [3.05, 3.63) is 41.5 Å². The van der Waals surface area contributed by atoms with Crippen molar-refractivity contribution in [3.8, 4) is 0 Å². The van der Waals surface area contributed by atoms with Gasteiger partial charge >= 0.3 is 0 Å². The Kier molecular flexibility index (Phi) is 4.22. The summed E-state index contributed by atoms with van der Waals surface area (Å²) >= 11 is 0. The number of hydrogen-bond donors (Lipinski definition) is 1. The lowest BCUT2D eigenvalue weighted by Gasteiger charge is -2.33. The molecule has 1 N–H and O–H groups in total. The Morgan fingerprint density at radius 3 is 2.61 bits per heavy atom. The normalized spacial score (nSPS) is 16.7. The van der Waals surface area contributed by atoms with Gasteiger partial charge in [-0.25, -0.2) is 8.42 Å². The highest BCUT2D eigenvalue weighted by Crippen LogP contribution is 2.15. The van der Waals surface area contributed by atoms with Crippen molar-refractivity contribution in [1.82, 2.24) is 19.3 Å². The topological polar surface area (TPSA) is 99.5 Å². The van der Waals surface area contributed by atoms with Crippen molar-refractivity contribution in [2.24, 2.45) is 0 Å². The first-order valence-electron chi connectivity index (χ1n) is 7.28. The summed E-state index contributed by atoms with van der Waals surface area (Å²) in [6.45, 7) is 3.17. The number of hydrogen-bond acceptors (Lipinski definition) is 5. The highest BCUT2D eigenvalue weighted by atomic mass is 32.2. The standard InChI is InChI=1S/C14H18N4O4S/c1-11-13(2-4-15-11)14(19)17-5-7-18(8-6-17)23(20,21)10-12-3-9-22-16-12/h2-4,9,15H,5-8,10H2,1H3. The van der Waals surface area contributed by atoms with E-state index in [4.69, 9.17) is 0 Å². The van der Waals surface area contributed by atoms with Crippen LogP contribution in [0.25, 0.3) is 0 Å². The largest absolute Gasteiger partial charge is 0.365 e. The van der Waals surface area contributed by atoms with E-state index < -0.39 is 10.0 Å². The third-order valence-electron chi connectivity index (χ3n) is 3.93. The summed E-state index contributed by atoms with van der Waals surface area (Å²) in [6.07, 6.45) is 3.07. The Bertz CT molecular complexity index is 774. The zero-order valence-electron chi connectivity index (χ0n) is 12.7. The second-order valence-electron chi connectivity index (χ2n) is 5.45. The number of amides is 1. The number of carbonyl (C=O) groups is 1. The molecule has 0 atom stereocenters. The summed E-state index contributed by atoms with van der Waals surface area (Å²) in [5.41, 5.74) is 1.83. The summed E-state index contributed by atoms with van der Waals surface area (Å²) in [6, 6.07) is 3.28. The Morgan fingerprint density at radius 2 is 2.04 bits per heavy atom. The number of rotatable bonds is 4. The monoisotopic (exact) mass is 338 g/mol. The number of nitrogens with one attached hydrogen (secondary N) is 1. The highest BCUT2D eigenvalue weighted by Gasteiger charge is 2.30. The first-order valence-corrected chi connectivity index (χ1v) is 8.88. The molecule has 0 spiro atoms. The van der Waals surface area contributed by atoms with Crippen LogP contribution in [0.1, 0.15) is 21.7 Å². The lowest BCUT2D eigenvalue weighted by Crippen LogP contribution is -2.50. The van der Waals surface area contributed by atoms with Gasteiger partial charge in [-0.3, -0.25) is 4.79 Å². The summed E-state index contributed by atoms with van der Waals surface area (Å²) in [7, 11) is -3.45. The third-order valence-corrected chi connectivity index (χ3v) is 5.74. The molecule has 1 aliphatic heterocycles. The van der Waals surface area contributed by atoms with Crippen LogP contribution in [-0.4, -0.2) is 59.8 Å². The number of H-pyrrole nitrogens is 1. The Balaban J connectivity index is 1.62. The summed E-state index contributed by atoms with van der Waals surface area (Å²) in [5, 5.41) is 3.63. The van der Waals surface area contributed by atoms with Crippen LogP contribution in [0, 0.1) is 6.92 Å². The molecule has 3 heterocycles. The summed E-state index contributed by atoms with van der Waals surface area (Å²) < 4.78 is 30.8. The molecule has 124 valence electrons. The van der Waals surface area contributed by atoms with E-state index >= 15 is 0 Å². The molecule has 2 aromatic heterocycles. The van der Waals surface area contributed by atoms with E-state index in [9.17, 15) is 13.2 Å². The maximum atomic E-state index is 12.4. The van der Waals surface area contributed by atoms with Crippen LogP contribution >= 0.6 is 0 Å². The number of aryl methyl sites for hydroxylation is 1. The number of nitrogens with zero attached hydrogens (tertiary/aromatic N) is 3. The number of piperazine rings is 1. The van der Waals surface area contributed by atoms with Crippen LogP contribution in [0.15, 0.2) is 29.1 Å². The van der Waals surface area contributed by atoms with Crippen molar-refractivity contribution in [3.63, 3.8) is 0 Å². The Labute approximate surface area is 134 Å². The van der Waals surface area contributed by atoms with Crippen LogP contribution in [0.4, 0.5) is 0 Å². The fourth-order valence-corrected chi connectivity index (χ4v) is 4.04. The second-order valence-corrected chi connectivity index (χ2v) is 7.42. The molecular weight excluding hydrogens is 320 g/mol. The quantitative estimate of drug-likeness (QED) is 0.880. The molecule has 9 heteroatoms. The molecule has 0 bridgehead atoms. The van der Waals surface area contributed by atoms with Crippen molar-refractivity contribution in [2.45, 2.75) is 12.7 Å². The third kappa shape index (κ3) is 3.30. The molecule has 1 aliphatic rings. The molecule has 1 fully saturated rings. The van der Waals surface area contributed by atoms with E-state index in [1.54, 1.807) is 17.2 Å². The van der Waals surface area contributed by atoms with Crippen LogP contribution in [0.3, 0.4) is 0 Å². The van der Waals surface area contributed by atoms with E-state index in [0.717, 1.165) is 5.69 Å². The Morgan fingerprint density at radius 1 is 1.30 bits per heavy atom. The zero-order chi connectivity index (χ0) is 16.4. The second kappa shape index (κ2) is 6.17. The smallest absolute Gasteiger partial charge is 0.255 e. The molecule has 1 amide bonds. The Hall–Kier alpha value is -2.13. The average Bonchev–Trinajstić information content (AvgIpc) is 3.18. The van der Waals surface area contributed by atoms with Crippen LogP contribution in [0.5, 0.6) is 0 Å². The number of aromatic amines is 1. The molecule has 0 saturated carbocycles. The van der Waals surface area contributed by atoms with E-state index in [0.29, 0.717) is 24.3 Å². The lowest BCUT2D eigenvalue weighted by molar-refractivity contribution is 0.0697. The minimum absolute atomic E-state index is 0.0719. The van der Waals surface area contributed by atoms with Crippen LogP contribution < -0.4 is 0 Å². The maximum Gasteiger partial charge on any atom is 0.255 e. The van der Waals surface area contributed by atoms with Gasteiger partial charge in [0.1, 0.15) is 12.0 Å². The van der Waals surface area contributed by atoms with Gasteiger partial charge in [-0.15, -0.1) is 0 Å². The van der Waals surface area contributed by atoms with Gasteiger partial charge in [-0.1, -0.05) is 5.16 Å². The van der Waals surface area contributed by atoms with Gasteiger partial charge in [-0.2, -0.15) is 4.31 Å². The lowest BCUT2D eigenvalue weighted by atomic mass is 10.2. The molecule has 0 radical (unpaired) electrons. The average molecular weight is 338 g/mol. The predicted molar refractivity (Wildman–Crippen MR) is 82.1 cm³/mol. The number of sulfonamides is 1. The van der Waals surface area contributed by atoms with Crippen molar-refractivity contribution < 1.29 is 17.7 Å². The van der Waals surface area contributed by atoms with E-state index in [2.05, 4.69) is 14.7 Å². The van der Waals surface area contributed by atoms with Crippen molar-refractivity contribution in [2.75, 3.05) is 26.2 Å². The van der Waals surface area contributed by atoms with Gasteiger partial charge in [0, 0.05) is 44.1 Å². The van der Waals surface area contributed by atoms with Crippen molar-refractivity contribution >= 4 is 15.9 Å². The SMILES string of the molecule is Cc1[nH]ccc1C(=O)N1CCN(S(=O)(=O)Cc2ccon2)CC1. The molecule has 0 aromatic carbocycles. The van der Waals surface area contributed by atoms with Crippen molar-refractivity contribution in [1.29, 1.82) is 0 Å². The molecule has 1 saturated heterocycles. The molecule has 8 nitrogen and oxygen atoms in total. The molecule has 0 unspecified atom stereocenters. The van der Waals surface area contributed by atoms with Crippen LogP contribution in [0.2, 0.25) is 0 Å². The zero-order valence-corrected chi connectivity index (χ0v) is 13.5. The first-order chi connectivity index (χ1) is 11.0. The molecule has 23 heavy (non-hydrogen) atoms. The molecule has 0 aliphatic carbocycles. The predicted octanol–water partition coefficient (Wildman–Crippen LogP) is 0.599. The maximum absolute atomic E-state index is 12.4. The molecule has 3 rings (SSSR count). The van der Waals surface area contributed by atoms with E-state index in [1.807, 2.05) is 6.92 Å². The summed E-state index contributed by atoms with van der Waals surface area (Å²) in [5.74, 6) is -0.258. The minimum atomic E-state index is -3.45. The first kappa shape index (κ1) is 15.8. The van der Waals surface area contributed by atoms with Gasteiger partial charge in [0.25, 0.3) is 5.91 Å². The molecule has 2 aromatic rings. The van der Waals surface area contributed by atoms with Gasteiger partial charge < -0.3 is 14.4 Å². The van der Waals surface area contributed by atoms with Crippen LogP contribution in [-0.2, 0) is 15.8 Å². The number of carbonyl (C=O) groups excluding carboxylic acids is 1. The fraction of sp³-hybridized carbons (Fsp3) is 0.429. The van der Waals surface area contributed by atoms with E-state index in [1.165, 1.54) is 16.6 Å². The summed E-state index contributed by atoms with van der Waals surface area (Å²) in [4.78, 5) is 17.1. The highest BCUT2D eigenvalue weighted by molar-refractivity contribution is 7.88. The fourth-order valence-electron chi connectivity index (χ4n) is 2.61. The minimum Gasteiger partial charge on any atom is -0.365 e.